The molecule has 0 bridgehead atoms. The number of methoxy groups -OCH3 is 1. The lowest BCUT2D eigenvalue weighted by atomic mass is 9.95. The number of nitrogens with zero attached hydrogens (tertiary/aromatic N) is 1. The summed E-state index contributed by atoms with van der Waals surface area (Å²) >= 11 is 0. The third-order valence-corrected chi connectivity index (χ3v) is 5.88. The van der Waals surface area contributed by atoms with Gasteiger partial charge in [0, 0.05) is 12.3 Å². The molecule has 1 N–H and O–H groups in total. The molecule has 7 nitrogen and oxygen atoms in total. The molecule has 0 radical (unpaired) electrons. The van der Waals surface area contributed by atoms with Crippen molar-refractivity contribution in [2.24, 2.45) is 0 Å². The zero-order valence-electron chi connectivity index (χ0n) is 17.7. The highest BCUT2D eigenvalue weighted by Gasteiger charge is 2.32. The van der Waals surface area contributed by atoms with Gasteiger partial charge in [-0.1, -0.05) is 12.8 Å². The number of hydrogen-bond acceptors (Lipinski definition) is 5. The zero-order valence-corrected chi connectivity index (χ0v) is 17.7. The van der Waals surface area contributed by atoms with Crippen LogP contribution >= 0.6 is 0 Å². The van der Waals surface area contributed by atoms with Crippen LogP contribution in [0, 0.1) is 0 Å². The summed E-state index contributed by atoms with van der Waals surface area (Å²) in [4.78, 5) is 38.3. The van der Waals surface area contributed by atoms with Gasteiger partial charge in [-0.25, -0.2) is 4.79 Å². The number of aromatic nitrogens is 1. The van der Waals surface area contributed by atoms with Gasteiger partial charge in [-0.3, -0.25) is 9.59 Å². The monoisotopic (exact) mass is 404 g/mol. The van der Waals surface area contributed by atoms with E-state index in [2.05, 4.69) is 5.32 Å². The first-order chi connectivity index (χ1) is 13.8. The second kappa shape index (κ2) is 9.11. The number of carbonyl (C=O) groups is 2. The number of pyridine rings is 1. The molecule has 1 saturated heterocycles. The maximum atomic E-state index is 13.3. The van der Waals surface area contributed by atoms with Gasteiger partial charge in [-0.2, -0.15) is 0 Å². The largest absolute Gasteiger partial charge is 0.467 e. The molecule has 0 saturated carbocycles. The van der Waals surface area contributed by atoms with Gasteiger partial charge in [-0.15, -0.1) is 0 Å². The second-order valence-corrected chi connectivity index (χ2v) is 8.57. The minimum Gasteiger partial charge on any atom is -0.467 e. The molecule has 1 aliphatic heterocycles. The SMILES string of the molecule is COC(=O)C(C)(C)NC(=O)c1cc2c(n(CC3CCCO3)c1=O)CCCCCC2. The first-order valence-corrected chi connectivity index (χ1v) is 10.6. The number of amides is 1. The van der Waals surface area contributed by atoms with Crippen molar-refractivity contribution in [3.05, 3.63) is 33.2 Å². The van der Waals surface area contributed by atoms with Crippen LogP contribution < -0.4 is 10.9 Å². The van der Waals surface area contributed by atoms with E-state index in [4.69, 9.17) is 9.47 Å². The van der Waals surface area contributed by atoms with Gasteiger partial charge in [0.05, 0.1) is 19.8 Å². The zero-order chi connectivity index (χ0) is 21.0. The highest BCUT2D eigenvalue weighted by molar-refractivity contribution is 5.97. The molecule has 2 aliphatic rings. The molecule has 0 aromatic carbocycles. The molecule has 3 rings (SSSR count). The lowest BCUT2D eigenvalue weighted by molar-refractivity contribution is -0.146. The third-order valence-electron chi connectivity index (χ3n) is 5.88. The molecule has 1 amide bonds. The van der Waals surface area contributed by atoms with Gasteiger partial charge in [0.1, 0.15) is 11.1 Å². The van der Waals surface area contributed by atoms with E-state index in [1.54, 1.807) is 24.5 Å². The molecule has 1 aromatic rings. The van der Waals surface area contributed by atoms with Crippen LogP contribution in [0.3, 0.4) is 0 Å². The first kappa shape index (κ1) is 21.6. The summed E-state index contributed by atoms with van der Waals surface area (Å²) in [6.07, 6.45) is 8.01. The number of esters is 1. The maximum absolute atomic E-state index is 13.3. The number of hydrogen-bond donors (Lipinski definition) is 1. The van der Waals surface area contributed by atoms with Gasteiger partial charge in [0.25, 0.3) is 11.5 Å². The number of aryl methyl sites for hydroxylation is 1. The lowest BCUT2D eigenvalue weighted by Crippen LogP contribution is -2.51. The predicted octanol–water partition coefficient (Wildman–Crippen LogP) is 2.37. The summed E-state index contributed by atoms with van der Waals surface area (Å²) in [5.41, 5.74) is 0.650. The number of rotatable bonds is 5. The molecular weight excluding hydrogens is 372 g/mol. The fourth-order valence-corrected chi connectivity index (χ4v) is 4.24. The van der Waals surface area contributed by atoms with Crippen molar-refractivity contribution in [1.29, 1.82) is 0 Å². The number of fused-ring (bicyclic) bond motifs is 1. The van der Waals surface area contributed by atoms with Crippen molar-refractivity contribution in [2.45, 2.75) is 83.4 Å². The van der Waals surface area contributed by atoms with Crippen LogP contribution in [-0.4, -0.2) is 41.8 Å². The van der Waals surface area contributed by atoms with Crippen molar-refractivity contribution in [3.63, 3.8) is 0 Å². The van der Waals surface area contributed by atoms with Crippen molar-refractivity contribution >= 4 is 11.9 Å². The third kappa shape index (κ3) is 4.89. The fraction of sp³-hybridized carbons (Fsp3) is 0.682. The Hall–Kier alpha value is -2.15. The van der Waals surface area contributed by atoms with E-state index in [0.717, 1.165) is 69.2 Å². The van der Waals surface area contributed by atoms with Crippen molar-refractivity contribution < 1.29 is 19.1 Å². The van der Waals surface area contributed by atoms with E-state index in [-0.39, 0.29) is 17.2 Å². The molecule has 1 unspecified atom stereocenters. The van der Waals surface area contributed by atoms with Gasteiger partial charge < -0.3 is 19.4 Å². The van der Waals surface area contributed by atoms with E-state index in [1.807, 2.05) is 0 Å². The number of ether oxygens (including phenoxy) is 2. The highest BCUT2D eigenvalue weighted by atomic mass is 16.5. The fourth-order valence-electron chi connectivity index (χ4n) is 4.24. The van der Waals surface area contributed by atoms with E-state index < -0.39 is 17.4 Å². The van der Waals surface area contributed by atoms with Crippen LogP contribution in [-0.2, 0) is 33.7 Å². The van der Waals surface area contributed by atoms with Crippen molar-refractivity contribution in [1.82, 2.24) is 9.88 Å². The summed E-state index contributed by atoms with van der Waals surface area (Å²) in [5.74, 6) is -1.10. The van der Waals surface area contributed by atoms with Gasteiger partial charge in [-0.05, 0) is 64.0 Å². The first-order valence-electron chi connectivity index (χ1n) is 10.6. The molecule has 1 aliphatic carbocycles. The standard InChI is InChI=1S/C22H32N2O5/c1-22(2,21(27)28-3)23-19(25)17-13-15-9-6-4-5-7-11-18(15)24(20(17)26)14-16-10-8-12-29-16/h13,16H,4-12,14H2,1-3H3,(H,23,25). The molecule has 1 aromatic heterocycles. The Morgan fingerprint density at radius 3 is 2.59 bits per heavy atom. The molecule has 2 heterocycles. The van der Waals surface area contributed by atoms with Crippen LogP contribution in [0.25, 0.3) is 0 Å². The lowest BCUT2D eigenvalue weighted by Gasteiger charge is -2.25. The van der Waals surface area contributed by atoms with Gasteiger partial charge in [0.2, 0.25) is 0 Å². The Kier molecular flexibility index (Phi) is 6.77. The highest BCUT2D eigenvalue weighted by Crippen LogP contribution is 2.22. The van der Waals surface area contributed by atoms with Crippen LogP contribution in [0.1, 0.15) is 74.0 Å². The second-order valence-electron chi connectivity index (χ2n) is 8.57. The summed E-state index contributed by atoms with van der Waals surface area (Å²) in [6.45, 7) is 4.32. The number of carbonyl (C=O) groups excluding carboxylic acids is 2. The topological polar surface area (TPSA) is 86.6 Å². The Morgan fingerprint density at radius 1 is 1.21 bits per heavy atom. The van der Waals surface area contributed by atoms with Crippen molar-refractivity contribution in [3.8, 4) is 0 Å². The molecule has 29 heavy (non-hydrogen) atoms. The molecular formula is C22H32N2O5. The van der Waals surface area contributed by atoms with Gasteiger partial charge >= 0.3 is 5.97 Å². The minimum absolute atomic E-state index is 0.00654. The Bertz CT molecular complexity index is 821. The molecule has 160 valence electrons. The molecule has 0 spiro atoms. The predicted molar refractivity (Wildman–Crippen MR) is 109 cm³/mol. The van der Waals surface area contributed by atoms with Crippen LogP contribution in [0.5, 0.6) is 0 Å². The smallest absolute Gasteiger partial charge is 0.330 e. The molecule has 7 heteroatoms. The quantitative estimate of drug-likeness (QED) is 0.762. The Labute approximate surface area is 171 Å². The van der Waals surface area contributed by atoms with E-state index >= 15 is 0 Å². The summed E-state index contributed by atoms with van der Waals surface area (Å²) in [6, 6.07) is 1.73. The Balaban J connectivity index is 2.00. The average molecular weight is 405 g/mol. The van der Waals surface area contributed by atoms with Crippen LogP contribution in [0.15, 0.2) is 10.9 Å². The minimum atomic E-state index is -1.22. The summed E-state index contributed by atoms with van der Waals surface area (Å²) < 4.78 is 12.3. The maximum Gasteiger partial charge on any atom is 0.330 e. The average Bonchev–Trinajstić information content (AvgIpc) is 3.17. The van der Waals surface area contributed by atoms with E-state index in [9.17, 15) is 14.4 Å². The van der Waals surface area contributed by atoms with Crippen LogP contribution in [0.2, 0.25) is 0 Å². The Morgan fingerprint density at radius 2 is 1.93 bits per heavy atom. The van der Waals surface area contributed by atoms with E-state index in [1.165, 1.54) is 7.11 Å². The van der Waals surface area contributed by atoms with Crippen molar-refractivity contribution in [2.75, 3.05) is 13.7 Å². The summed E-state index contributed by atoms with van der Waals surface area (Å²) in [5, 5.41) is 2.66. The van der Waals surface area contributed by atoms with Gasteiger partial charge in [0.15, 0.2) is 0 Å². The van der Waals surface area contributed by atoms with Crippen LogP contribution in [0.4, 0.5) is 0 Å². The molecule has 1 fully saturated rings. The summed E-state index contributed by atoms with van der Waals surface area (Å²) in [7, 11) is 1.27. The normalized spacial score (nSPS) is 19.8. The molecule has 1 atom stereocenters. The number of nitrogens with one attached hydrogen (secondary N) is 1. The van der Waals surface area contributed by atoms with E-state index in [0.29, 0.717) is 6.54 Å².